The Bertz CT molecular complexity index is 925. The van der Waals surface area contributed by atoms with E-state index in [1.54, 1.807) is 6.92 Å². The van der Waals surface area contributed by atoms with Crippen molar-refractivity contribution in [2.45, 2.75) is 127 Å². The Morgan fingerprint density at radius 3 is 1.12 bits per heavy atom. The third kappa shape index (κ3) is 6.10. The SMILES string of the molecule is C=C(C)C(=O)OC12CC3(OCC4(CCC)COC4)CC(OCC4(CCC)COC4)(CC(OCC4(CCC)COC4)(C3)C1)C2. The van der Waals surface area contributed by atoms with Gasteiger partial charge in [-0.2, -0.15) is 0 Å². The summed E-state index contributed by atoms with van der Waals surface area (Å²) in [5.41, 5.74) is -1.61. The third-order valence-electron chi connectivity index (χ3n) is 11.4. The Balaban J connectivity index is 1.33. The lowest BCUT2D eigenvalue weighted by Gasteiger charge is -2.69. The lowest BCUT2D eigenvalue weighted by atomic mass is 9.48. The molecule has 0 N–H and O–H groups in total. The van der Waals surface area contributed by atoms with Crippen molar-refractivity contribution in [3.8, 4) is 0 Å². The van der Waals surface area contributed by atoms with Crippen LogP contribution in [0.4, 0.5) is 0 Å². The maximum Gasteiger partial charge on any atom is 0.333 e. The molecule has 3 aliphatic heterocycles. The molecule has 7 aliphatic rings. The smallest absolute Gasteiger partial charge is 0.333 e. The Kier molecular flexibility index (Phi) is 8.65. The summed E-state index contributed by atoms with van der Waals surface area (Å²) in [5, 5.41) is 0. The zero-order chi connectivity index (χ0) is 30.5. The molecule has 8 nitrogen and oxygen atoms in total. The van der Waals surface area contributed by atoms with Crippen molar-refractivity contribution >= 4 is 5.97 Å². The van der Waals surface area contributed by atoms with Crippen LogP contribution in [-0.2, 0) is 38.0 Å². The normalized spacial score (nSPS) is 37.7. The van der Waals surface area contributed by atoms with Crippen LogP contribution < -0.4 is 0 Å². The molecule has 0 unspecified atom stereocenters. The Labute approximate surface area is 258 Å². The van der Waals surface area contributed by atoms with E-state index < -0.39 is 22.4 Å². The molecule has 3 saturated heterocycles. The van der Waals surface area contributed by atoms with Gasteiger partial charge in [-0.25, -0.2) is 4.79 Å². The maximum absolute atomic E-state index is 13.2. The van der Waals surface area contributed by atoms with Crippen molar-refractivity contribution < 1.29 is 38.0 Å². The first-order chi connectivity index (χ1) is 20.5. The van der Waals surface area contributed by atoms with E-state index in [0.717, 1.165) is 97.4 Å². The van der Waals surface area contributed by atoms with E-state index in [1.807, 2.05) is 0 Å². The van der Waals surface area contributed by atoms with Gasteiger partial charge in [0, 0.05) is 60.3 Å². The van der Waals surface area contributed by atoms with Crippen LogP contribution in [0.2, 0.25) is 0 Å². The monoisotopic (exact) mass is 604 g/mol. The second kappa shape index (κ2) is 11.6. The zero-order valence-electron chi connectivity index (χ0n) is 27.3. The summed E-state index contributed by atoms with van der Waals surface area (Å²) in [7, 11) is 0. The number of carbonyl (C=O) groups is 1. The van der Waals surface area contributed by atoms with Gasteiger partial charge in [0.05, 0.1) is 76.3 Å². The fraction of sp³-hybridized carbons (Fsp3) is 0.914. The molecule has 4 saturated carbocycles. The minimum Gasteiger partial charge on any atom is -0.455 e. The minimum atomic E-state index is -0.721. The summed E-state index contributed by atoms with van der Waals surface area (Å²) in [6, 6.07) is 0. The quantitative estimate of drug-likeness (QED) is 0.149. The van der Waals surface area contributed by atoms with Gasteiger partial charge in [-0.3, -0.25) is 0 Å². The van der Waals surface area contributed by atoms with Crippen molar-refractivity contribution in [2.24, 2.45) is 16.2 Å². The van der Waals surface area contributed by atoms with E-state index in [9.17, 15) is 4.79 Å². The highest BCUT2D eigenvalue weighted by molar-refractivity contribution is 5.87. The standard InChI is InChI=1S/C35H56O8/c1-6-9-29(18-37-19-29)24-40-32-12-33(41-25-30(10-7-2)20-38-21-30)14-34(13-32,42-26-31(11-8-3)22-39-23-31)17-35(15-32,16-33)43-28(36)27(4)5/h4,6-26H2,1-3,5H3. The first-order valence-electron chi connectivity index (χ1n) is 17.0. The van der Waals surface area contributed by atoms with Crippen molar-refractivity contribution in [3.63, 3.8) is 0 Å². The van der Waals surface area contributed by atoms with Crippen LogP contribution in [0, 0.1) is 16.2 Å². The first-order valence-corrected chi connectivity index (χ1v) is 17.0. The average Bonchev–Trinajstić information content (AvgIpc) is 2.87. The van der Waals surface area contributed by atoms with E-state index in [0.29, 0.717) is 44.7 Å². The predicted molar refractivity (Wildman–Crippen MR) is 162 cm³/mol. The van der Waals surface area contributed by atoms with Crippen LogP contribution in [0.1, 0.15) is 105 Å². The minimum absolute atomic E-state index is 0.0601. The molecule has 8 heteroatoms. The molecular formula is C35H56O8. The van der Waals surface area contributed by atoms with Crippen molar-refractivity contribution in [2.75, 3.05) is 59.5 Å². The van der Waals surface area contributed by atoms with E-state index in [4.69, 9.17) is 33.2 Å². The van der Waals surface area contributed by atoms with Crippen LogP contribution >= 0.6 is 0 Å². The zero-order valence-corrected chi connectivity index (χ0v) is 27.3. The Hall–Kier alpha value is -1.03. The maximum atomic E-state index is 13.2. The van der Waals surface area contributed by atoms with Gasteiger partial charge in [-0.05, 0) is 26.2 Å². The van der Waals surface area contributed by atoms with Gasteiger partial charge in [-0.1, -0.05) is 46.6 Å². The van der Waals surface area contributed by atoms with Gasteiger partial charge < -0.3 is 33.2 Å². The largest absolute Gasteiger partial charge is 0.455 e. The lowest BCUT2D eigenvalue weighted by Crippen LogP contribution is -2.75. The van der Waals surface area contributed by atoms with E-state index in [1.165, 1.54) is 0 Å². The molecule has 0 radical (unpaired) electrons. The van der Waals surface area contributed by atoms with Crippen LogP contribution in [0.25, 0.3) is 0 Å². The molecule has 0 aromatic carbocycles. The average molecular weight is 605 g/mol. The van der Waals surface area contributed by atoms with Gasteiger partial charge in [0.2, 0.25) is 0 Å². The molecule has 0 spiro atoms. The van der Waals surface area contributed by atoms with E-state index in [-0.39, 0.29) is 22.2 Å². The second-order valence-corrected chi connectivity index (χ2v) is 16.1. The van der Waals surface area contributed by atoms with Gasteiger partial charge in [0.15, 0.2) is 0 Å². The number of hydrogen-bond acceptors (Lipinski definition) is 8. The molecular weight excluding hydrogens is 548 g/mol. The molecule has 4 bridgehead atoms. The van der Waals surface area contributed by atoms with E-state index in [2.05, 4.69) is 27.4 Å². The van der Waals surface area contributed by atoms with Gasteiger partial charge >= 0.3 is 5.97 Å². The number of carbonyl (C=O) groups excluding carboxylic acids is 1. The number of hydrogen-bond donors (Lipinski definition) is 0. The topological polar surface area (TPSA) is 81.7 Å². The lowest BCUT2D eigenvalue weighted by molar-refractivity contribution is -0.346. The summed E-state index contributed by atoms with van der Waals surface area (Å²) < 4.78 is 45.1. The predicted octanol–water partition coefficient (Wildman–Crippen LogP) is 5.94. The summed E-state index contributed by atoms with van der Waals surface area (Å²) in [4.78, 5) is 13.2. The highest BCUT2D eigenvalue weighted by Crippen LogP contribution is 2.66. The molecule has 7 rings (SSSR count). The fourth-order valence-corrected chi connectivity index (χ4v) is 9.71. The summed E-state index contributed by atoms with van der Waals surface area (Å²) in [6.45, 7) is 18.8. The van der Waals surface area contributed by atoms with Crippen molar-refractivity contribution in [1.29, 1.82) is 0 Å². The molecule has 7 fully saturated rings. The molecule has 4 aliphatic carbocycles. The summed E-state index contributed by atoms with van der Waals surface area (Å²) in [5.74, 6) is -0.332. The second-order valence-electron chi connectivity index (χ2n) is 16.1. The third-order valence-corrected chi connectivity index (χ3v) is 11.4. The van der Waals surface area contributed by atoms with Crippen LogP contribution in [0.15, 0.2) is 12.2 Å². The van der Waals surface area contributed by atoms with Gasteiger partial charge in [-0.15, -0.1) is 0 Å². The molecule has 0 atom stereocenters. The molecule has 3 heterocycles. The van der Waals surface area contributed by atoms with E-state index >= 15 is 0 Å². The van der Waals surface area contributed by atoms with Crippen LogP contribution in [0.3, 0.4) is 0 Å². The number of esters is 1. The molecule has 43 heavy (non-hydrogen) atoms. The van der Waals surface area contributed by atoms with Gasteiger partial charge in [0.25, 0.3) is 0 Å². The Morgan fingerprint density at radius 1 is 0.581 bits per heavy atom. The molecule has 0 amide bonds. The first kappa shape index (κ1) is 31.9. The van der Waals surface area contributed by atoms with Crippen LogP contribution in [0.5, 0.6) is 0 Å². The van der Waals surface area contributed by atoms with Gasteiger partial charge in [0.1, 0.15) is 5.60 Å². The van der Waals surface area contributed by atoms with Crippen molar-refractivity contribution in [1.82, 2.24) is 0 Å². The molecule has 0 aromatic heterocycles. The molecule has 244 valence electrons. The van der Waals surface area contributed by atoms with Crippen LogP contribution in [-0.4, -0.2) is 87.8 Å². The van der Waals surface area contributed by atoms with Crippen molar-refractivity contribution in [3.05, 3.63) is 12.2 Å². The molecule has 0 aromatic rings. The highest BCUT2D eigenvalue weighted by atomic mass is 16.6. The number of ether oxygens (including phenoxy) is 7. The highest BCUT2D eigenvalue weighted by Gasteiger charge is 2.72. The summed E-state index contributed by atoms with van der Waals surface area (Å²) >= 11 is 0. The Morgan fingerprint density at radius 2 is 0.884 bits per heavy atom. The fourth-order valence-electron chi connectivity index (χ4n) is 9.71. The number of rotatable bonds is 17. The summed E-state index contributed by atoms with van der Waals surface area (Å²) in [6.07, 6.45) is 11.0.